The first-order valence-corrected chi connectivity index (χ1v) is 5.23. The molecule has 0 radical (unpaired) electrons. The first-order valence-electron chi connectivity index (χ1n) is 3.80. The van der Waals surface area contributed by atoms with Crippen molar-refractivity contribution < 1.29 is 4.79 Å². The van der Waals surface area contributed by atoms with Crippen molar-refractivity contribution in [1.29, 1.82) is 0 Å². The number of rotatable bonds is 2. The quantitative estimate of drug-likeness (QED) is 0.786. The highest BCUT2D eigenvalue weighted by atomic mass is 79.9. The van der Waals surface area contributed by atoms with Crippen molar-refractivity contribution in [3.05, 3.63) is 28.2 Å². The molecule has 0 saturated carbocycles. The minimum atomic E-state index is -0.102. The molecule has 0 aliphatic carbocycles. The fourth-order valence-electron chi connectivity index (χ4n) is 0.925. The van der Waals surface area contributed by atoms with Crippen LogP contribution in [0.2, 0.25) is 0 Å². The van der Waals surface area contributed by atoms with E-state index in [1.807, 2.05) is 25.1 Å². The summed E-state index contributed by atoms with van der Waals surface area (Å²) in [6, 6.07) is 5.79. The first kappa shape index (κ1) is 10.6. The Balaban J connectivity index is 2.87. The fourth-order valence-corrected chi connectivity index (χ4v) is 1.35. The van der Waals surface area contributed by atoms with Crippen molar-refractivity contribution >= 4 is 40.2 Å². The van der Waals surface area contributed by atoms with E-state index in [0.29, 0.717) is 0 Å². The van der Waals surface area contributed by atoms with Crippen LogP contribution in [0.1, 0.15) is 5.56 Å². The topological polar surface area (TPSA) is 29.1 Å². The summed E-state index contributed by atoms with van der Waals surface area (Å²) in [5.74, 6) is 0.0926. The molecule has 70 valence electrons. The second kappa shape index (κ2) is 4.67. The molecule has 4 heteroatoms. The standard InChI is InChI=1S/C9H10BrNOS/c1-6-2-3-7(10)8(4-6)11-9(12)5-13/h2-4,13H,5H2,1H3,(H,11,12). The van der Waals surface area contributed by atoms with Crippen LogP contribution in [0.5, 0.6) is 0 Å². The van der Waals surface area contributed by atoms with Crippen molar-refractivity contribution in [2.24, 2.45) is 0 Å². The molecule has 0 fully saturated rings. The molecule has 0 aromatic heterocycles. The van der Waals surface area contributed by atoms with Gasteiger partial charge in [-0.15, -0.1) is 0 Å². The number of hydrogen-bond acceptors (Lipinski definition) is 2. The highest BCUT2D eigenvalue weighted by molar-refractivity contribution is 9.10. The van der Waals surface area contributed by atoms with Crippen LogP contribution in [0.3, 0.4) is 0 Å². The molecule has 0 aliphatic rings. The maximum Gasteiger partial charge on any atom is 0.234 e. The van der Waals surface area contributed by atoms with Gasteiger partial charge in [0, 0.05) is 4.47 Å². The number of thiol groups is 1. The molecule has 1 aromatic rings. The van der Waals surface area contributed by atoms with E-state index in [-0.39, 0.29) is 11.7 Å². The van der Waals surface area contributed by atoms with Gasteiger partial charge in [-0.3, -0.25) is 4.79 Å². The average Bonchev–Trinajstić information content (AvgIpc) is 2.11. The molecule has 0 atom stereocenters. The molecule has 1 N–H and O–H groups in total. The zero-order chi connectivity index (χ0) is 9.84. The normalized spacial score (nSPS) is 9.77. The lowest BCUT2D eigenvalue weighted by Crippen LogP contribution is -2.12. The lowest BCUT2D eigenvalue weighted by molar-refractivity contribution is -0.113. The number of hydrogen-bond donors (Lipinski definition) is 2. The first-order chi connectivity index (χ1) is 6.13. The minimum Gasteiger partial charge on any atom is -0.324 e. The maximum atomic E-state index is 11.0. The summed E-state index contributed by atoms with van der Waals surface area (Å²) >= 11 is 7.23. The maximum absolute atomic E-state index is 11.0. The third-order valence-electron chi connectivity index (χ3n) is 1.54. The van der Waals surface area contributed by atoms with Crippen molar-refractivity contribution in [2.75, 3.05) is 11.1 Å². The molecular weight excluding hydrogens is 250 g/mol. The molecule has 0 bridgehead atoms. The van der Waals surface area contributed by atoms with Gasteiger partial charge >= 0.3 is 0 Å². The molecule has 1 rings (SSSR count). The summed E-state index contributed by atoms with van der Waals surface area (Å²) in [5, 5.41) is 2.74. The Hall–Kier alpha value is -0.480. The van der Waals surface area contributed by atoms with Crippen molar-refractivity contribution in [2.45, 2.75) is 6.92 Å². The second-order valence-corrected chi connectivity index (χ2v) is 3.86. The number of anilines is 1. The zero-order valence-corrected chi connectivity index (χ0v) is 9.65. The zero-order valence-electron chi connectivity index (χ0n) is 7.17. The minimum absolute atomic E-state index is 0.102. The highest BCUT2D eigenvalue weighted by Gasteiger charge is 2.03. The van der Waals surface area contributed by atoms with E-state index in [4.69, 9.17) is 0 Å². The fraction of sp³-hybridized carbons (Fsp3) is 0.222. The predicted molar refractivity (Wildman–Crippen MR) is 61.4 cm³/mol. The van der Waals surface area contributed by atoms with Crippen molar-refractivity contribution in [1.82, 2.24) is 0 Å². The second-order valence-electron chi connectivity index (χ2n) is 2.69. The lowest BCUT2D eigenvalue weighted by Gasteiger charge is -2.06. The third-order valence-corrected chi connectivity index (χ3v) is 2.52. The Morgan fingerprint density at radius 2 is 2.31 bits per heavy atom. The number of amides is 1. The van der Waals surface area contributed by atoms with Gasteiger partial charge in [-0.2, -0.15) is 12.6 Å². The van der Waals surface area contributed by atoms with E-state index in [1.165, 1.54) is 0 Å². The summed E-state index contributed by atoms with van der Waals surface area (Å²) in [5.41, 5.74) is 1.90. The smallest absolute Gasteiger partial charge is 0.234 e. The van der Waals surface area contributed by atoms with Crippen LogP contribution in [-0.2, 0) is 4.79 Å². The predicted octanol–water partition coefficient (Wildman–Crippen LogP) is 2.63. The van der Waals surface area contributed by atoms with Gasteiger partial charge in [0.25, 0.3) is 0 Å². The molecule has 0 heterocycles. The van der Waals surface area contributed by atoms with E-state index < -0.39 is 0 Å². The van der Waals surface area contributed by atoms with Crippen LogP contribution in [0.25, 0.3) is 0 Å². The van der Waals surface area contributed by atoms with Gasteiger partial charge in [0.2, 0.25) is 5.91 Å². The Morgan fingerprint density at radius 1 is 1.62 bits per heavy atom. The van der Waals surface area contributed by atoms with Crippen molar-refractivity contribution in [3.8, 4) is 0 Å². The molecule has 0 unspecified atom stereocenters. The number of carbonyl (C=O) groups excluding carboxylic acids is 1. The van der Waals surface area contributed by atoms with Crippen LogP contribution >= 0.6 is 28.6 Å². The van der Waals surface area contributed by atoms with Crippen molar-refractivity contribution in [3.63, 3.8) is 0 Å². The van der Waals surface area contributed by atoms with Crippen LogP contribution in [0, 0.1) is 6.92 Å². The van der Waals surface area contributed by atoms with Gasteiger partial charge < -0.3 is 5.32 Å². The molecule has 0 saturated heterocycles. The Bertz CT molecular complexity index is 327. The van der Waals surface area contributed by atoms with Gasteiger partial charge in [-0.05, 0) is 40.5 Å². The molecule has 1 amide bonds. The van der Waals surface area contributed by atoms with Gasteiger partial charge in [-0.1, -0.05) is 6.07 Å². The van der Waals surface area contributed by atoms with E-state index in [0.717, 1.165) is 15.7 Å². The van der Waals surface area contributed by atoms with E-state index in [9.17, 15) is 4.79 Å². The van der Waals surface area contributed by atoms with Crippen LogP contribution in [-0.4, -0.2) is 11.7 Å². The summed E-state index contributed by atoms with van der Waals surface area (Å²) in [6.45, 7) is 1.97. The molecule has 1 aromatic carbocycles. The molecule has 0 spiro atoms. The van der Waals surface area contributed by atoms with Gasteiger partial charge in [0.05, 0.1) is 11.4 Å². The summed E-state index contributed by atoms with van der Waals surface area (Å²) in [7, 11) is 0. The Kier molecular flexibility index (Phi) is 3.81. The molecule has 0 aliphatic heterocycles. The van der Waals surface area contributed by atoms with E-state index in [2.05, 4.69) is 33.9 Å². The average molecular weight is 260 g/mol. The SMILES string of the molecule is Cc1ccc(Br)c(NC(=O)CS)c1. The van der Waals surface area contributed by atoms with Gasteiger partial charge in [-0.25, -0.2) is 0 Å². The lowest BCUT2D eigenvalue weighted by atomic mass is 10.2. The molecule has 2 nitrogen and oxygen atoms in total. The molecular formula is C9H10BrNOS. The van der Waals surface area contributed by atoms with Crippen LogP contribution in [0.4, 0.5) is 5.69 Å². The van der Waals surface area contributed by atoms with Crippen LogP contribution in [0.15, 0.2) is 22.7 Å². The third kappa shape index (κ3) is 3.04. The largest absolute Gasteiger partial charge is 0.324 e. The number of aryl methyl sites for hydroxylation is 1. The number of benzene rings is 1. The molecule has 13 heavy (non-hydrogen) atoms. The number of nitrogens with one attached hydrogen (secondary N) is 1. The number of carbonyl (C=O) groups is 1. The Labute approximate surface area is 91.3 Å². The van der Waals surface area contributed by atoms with E-state index >= 15 is 0 Å². The van der Waals surface area contributed by atoms with E-state index in [1.54, 1.807) is 0 Å². The van der Waals surface area contributed by atoms with Gasteiger partial charge in [0.1, 0.15) is 0 Å². The summed E-state index contributed by atoms with van der Waals surface area (Å²) in [6.07, 6.45) is 0. The Morgan fingerprint density at radius 3 is 2.92 bits per heavy atom. The number of halogens is 1. The summed E-state index contributed by atoms with van der Waals surface area (Å²) in [4.78, 5) is 11.0. The summed E-state index contributed by atoms with van der Waals surface area (Å²) < 4.78 is 0.883. The highest BCUT2D eigenvalue weighted by Crippen LogP contribution is 2.23. The van der Waals surface area contributed by atoms with Crippen LogP contribution < -0.4 is 5.32 Å². The van der Waals surface area contributed by atoms with Gasteiger partial charge in [0.15, 0.2) is 0 Å². The monoisotopic (exact) mass is 259 g/mol.